The van der Waals surface area contributed by atoms with Gasteiger partial charge in [0.2, 0.25) is 0 Å². The predicted molar refractivity (Wildman–Crippen MR) is 103 cm³/mol. The Hall–Kier alpha value is -2.28. The summed E-state index contributed by atoms with van der Waals surface area (Å²) in [5.74, 6) is 0. The first-order valence-electron chi connectivity index (χ1n) is 7.77. The van der Waals surface area contributed by atoms with Crippen LogP contribution in [0.25, 0.3) is 11.1 Å². The first-order chi connectivity index (χ1) is 11.7. The van der Waals surface area contributed by atoms with Crippen molar-refractivity contribution in [2.75, 3.05) is 11.4 Å². The molecule has 2 aromatic carbocycles. The molecule has 0 saturated carbocycles. The normalized spacial score (nSPS) is 10.4. The SMILES string of the molecule is CCN(c1ccccc1C)c1scc(-c2ccccc2Cl)c1C#N. The van der Waals surface area contributed by atoms with Crippen LogP contribution in [0.5, 0.6) is 0 Å². The maximum Gasteiger partial charge on any atom is 0.114 e. The number of benzene rings is 2. The number of nitriles is 1. The molecule has 0 bridgehead atoms. The van der Waals surface area contributed by atoms with Gasteiger partial charge in [-0.2, -0.15) is 5.26 Å². The van der Waals surface area contributed by atoms with E-state index in [2.05, 4.69) is 36.9 Å². The molecule has 0 spiro atoms. The Balaban J connectivity index is 2.15. The Morgan fingerprint density at radius 3 is 2.46 bits per heavy atom. The number of thiophene rings is 1. The van der Waals surface area contributed by atoms with Crippen molar-refractivity contribution in [1.29, 1.82) is 5.26 Å². The van der Waals surface area contributed by atoms with Crippen molar-refractivity contribution >= 4 is 33.6 Å². The Kier molecular flexibility index (Phi) is 4.89. The van der Waals surface area contributed by atoms with Crippen molar-refractivity contribution in [2.24, 2.45) is 0 Å². The van der Waals surface area contributed by atoms with Crippen LogP contribution in [-0.2, 0) is 0 Å². The van der Waals surface area contributed by atoms with E-state index in [4.69, 9.17) is 11.6 Å². The third-order valence-electron chi connectivity index (χ3n) is 4.02. The van der Waals surface area contributed by atoms with Crippen LogP contribution < -0.4 is 4.90 Å². The second kappa shape index (κ2) is 7.09. The Bertz CT molecular complexity index is 908. The summed E-state index contributed by atoms with van der Waals surface area (Å²) >= 11 is 7.92. The molecule has 0 aliphatic heterocycles. The van der Waals surface area contributed by atoms with E-state index >= 15 is 0 Å². The highest BCUT2D eigenvalue weighted by molar-refractivity contribution is 7.15. The number of halogens is 1. The molecular formula is C20H17ClN2S. The molecule has 0 N–H and O–H groups in total. The molecule has 3 rings (SSSR count). The van der Waals surface area contributed by atoms with Crippen molar-refractivity contribution in [1.82, 2.24) is 0 Å². The topological polar surface area (TPSA) is 27.0 Å². The van der Waals surface area contributed by atoms with Gasteiger partial charge >= 0.3 is 0 Å². The number of aryl methyl sites for hydroxylation is 1. The molecule has 0 saturated heterocycles. The molecule has 24 heavy (non-hydrogen) atoms. The van der Waals surface area contributed by atoms with Crippen molar-refractivity contribution in [2.45, 2.75) is 13.8 Å². The molecule has 0 atom stereocenters. The molecular weight excluding hydrogens is 336 g/mol. The van der Waals surface area contributed by atoms with Crippen LogP contribution in [0.15, 0.2) is 53.9 Å². The number of nitrogens with zero attached hydrogens (tertiary/aromatic N) is 2. The molecule has 0 fully saturated rings. The van der Waals surface area contributed by atoms with E-state index in [0.717, 1.165) is 28.4 Å². The summed E-state index contributed by atoms with van der Waals surface area (Å²) in [5.41, 5.74) is 4.80. The molecule has 120 valence electrons. The third kappa shape index (κ3) is 2.91. The summed E-state index contributed by atoms with van der Waals surface area (Å²) in [6.07, 6.45) is 0. The zero-order valence-electron chi connectivity index (χ0n) is 13.6. The van der Waals surface area contributed by atoms with Gasteiger partial charge in [0.1, 0.15) is 11.1 Å². The van der Waals surface area contributed by atoms with Crippen LogP contribution in [0.2, 0.25) is 5.02 Å². The standard InChI is InChI=1S/C20H17ClN2S/c1-3-23(19-11-7-4-8-14(19)2)20-16(12-22)17(13-24-20)15-9-5-6-10-18(15)21/h4-11,13H,3H2,1-2H3. The molecule has 0 unspecified atom stereocenters. The summed E-state index contributed by atoms with van der Waals surface area (Å²) in [6, 6.07) is 18.3. The molecule has 1 heterocycles. The highest BCUT2D eigenvalue weighted by atomic mass is 35.5. The van der Waals surface area contributed by atoms with E-state index in [0.29, 0.717) is 10.6 Å². The average molecular weight is 353 g/mol. The highest BCUT2D eigenvalue weighted by Crippen LogP contribution is 2.42. The Morgan fingerprint density at radius 2 is 1.79 bits per heavy atom. The van der Waals surface area contributed by atoms with Crippen LogP contribution in [0.3, 0.4) is 0 Å². The maximum absolute atomic E-state index is 9.79. The fourth-order valence-electron chi connectivity index (χ4n) is 2.82. The fraction of sp³-hybridized carbons (Fsp3) is 0.150. The van der Waals surface area contributed by atoms with E-state index in [1.165, 1.54) is 5.56 Å². The second-order valence-corrected chi connectivity index (χ2v) is 6.72. The minimum atomic E-state index is 0.664. The van der Waals surface area contributed by atoms with Gasteiger partial charge in [0.15, 0.2) is 0 Å². The first kappa shape index (κ1) is 16.6. The van der Waals surface area contributed by atoms with E-state index in [1.807, 2.05) is 41.8 Å². The van der Waals surface area contributed by atoms with Gasteiger partial charge in [-0.25, -0.2) is 0 Å². The van der Waals surface area contributed by atoms with Crippen LogP contribution in [0.1, 0.15) is 18.1 Å². The summed E-state index contributed by atoms with van der Waals surface area (Å²) in [7, 11) is 0. The largest absolute Gasteiger partial charge is 0.332 e. The lowest BCUT2D eigenvalue weighted by atomic mass is 10.0. The first-order valence-corrected chi connectivity index (χ1v) is 9.02. The van der Waals surface area contributed by atoms with Gasteiger partial charge in [0.05, 0.1) is 5.56 Å². The third-order valence-corrected chi connectivity index (χ3v) is 5.35. The molecule has 0 amide bonds. The van der Waals surface area contributed by atoms with Crippen LogP contribution in [-0.4, -0.2) is 6.54 Å². The van der Waals surface area contributed by atoms with Gasteiger partial charge < -0.3 is 4.90 Å². The molecule has 0 aliphatic carbocycles. The monoisotopic (exact) mass is 352 g/mol. The summed E-state index contributed by atoms with van der Waals surface area (Å²) in [4.78, 5) is 2.19. The zero-order chi connectivity index (χ0) is 17.1. The van der Waals surface area contributed by atoms with E-state index < -0.39 is 0 Å². The van der Waals surface area contributed by atoms with Gasteiger partial charge in [-0.05, 0) is 31.5 Å². The molecule has 2 nitrogen and oxygen atoms in total. The molecule has 0 aliphatic rings. The minimum absolute atomic E-state index is 0.664. The fourth-order valence-corrected chi connectivity index (χ4v) is 4.16. The van der Waals surface area contributed by atoms with Crippen LogP contribution >= 0.6 is 22.9 Å². The zero-order valence-corrected chi connectivity index (χ0v) is 15.2. The van der Waals surface area contributed by atoms with Gasteiger partial charge in [0, 0.05) is 33.8 Å². The van der Waals surface area contributed by atoms with Crippen LogP contribution in [0, 0.1) is 18.3 Å². The van der Waals surface area contributed by atoms with E-state index in [-0.39, 0.29) is 0 Å². The van der Waals surface area contributed by atoms with E-state index in [9.17, 15) is 5.26 Å². The number of anilines is 2. The van der Waals surface area contributed by atoms with Crippen molar-refractivity contribution in [3.8, 4) is 17.2 Å². The number of para-hydroxylation sites is 1. The van der Waals surface area contributed by atoms with Crippen LogP contribution in [0.4, 0.5) is 10.7 Å². The van der Waals surface area contributed by atoms with Gasteiger partial charge in [-0.15, -0.1) is 11.3 Å². The van der Waals surface area contributed by atoms with Gasteiger partial charge in [-0.3, -0.25) is 0 Å². The van der Waals surface area contributed by atoms with Crippen molar-refractivity contribution in [3.63, 3.8) is 0 Å². The lowest BCUT2D eigenvalue weighted by Crippen LogP contribution is -2.16. The van der Waals surface area contributed by atoms with Gasteiger partial charge in [-0.1, -0.05) is 48.0 Å². The highest BCUT2D eigenvalue weighted by Gasteiger charge is 2.20. The lowest BCUT2D eigenvalue weighted by Gasteiger charge is -2.24. The second-order valence-electron chi connectivity index (χ2n) is 5.45. The molecule has 0 radical (unpaired) electrons. The van der Waals surface area contributed by atoms with Crippen molar-refractivity contribution in [3.05, 3.63) is 70.1 Å². The summed E-state index contributed by atoms with van der Waals surface area (Å²) in [6.45, 7) is 4.98. The minimum Gasteiger partial charge on any atom is -0.332 e. The smallest absolute Gasteiger partial charge is 0.114 e. The quantitative estimate of drug-likeness (QED) is 0.542. The van der Waals surface area contributed by atoms with Crippen molar-refractivity contribution < 1.29 is 0 Å². The van der Waals surface area contributed by atoms with Gasteiger partial charge in [0.25, 0.3) is 0 Å². The summed E-state index contributed by atoms with van der Waals surface area (Å²) < 4.78 is 0. The average Bonchev–Trinajstić information content (AvgIpc) is 3.01. The lowest BCUT2D eigenvalue weighted by molar-refractivity contribution is 1.03. The Morgan fingerprint density at radius 1 is 1.08 bits per heavy atom. The number of rotatable bonds is 4. The number of hydrogen-bond acceptors (Lipinski definition) is 3. The molecule has 4 heteroatoms. The number of hydrogen-bond donors (Lipinski definition) is 0. The van der Waals surface area contributed by atoms with E-state index in [1.54, 1.807) is 11.3 Å². The molecule has 3 aromatic rings. The predicted octanol–water partition coefficient (Wildman–Crippen LogP) is 6.41. The molecule has 1 aromatic heterocycles. The summed E-state index contributed by atoms with van der Waals surface area (Å²) in [5, 5.41) is 13.4. The Labute approximate surface area is 151 Å². The maximum atomic E-state index is 9.79.